The summed E-state index contributed by atoms with van der Waals surface area (Å²) in [6.07, 6.45) is 6.39. The molecule has 1 N–H and O–H groups in total. The van der Waals surface area contributed by atoms with E-state index in [2.05, 4.69) is 12.2 Å². The molecule has 94 valence electrons. The van der Waals surface area contributed by atoms with E-state index >= 15 is 0 Å². The van der Waals surface area contributed by atoms with Gasteiger partial charge in [0.1, 0.15) is 5.54 Å². The largest absolute Gasteiger partial charge is 0.342 e. The second kappa shape index (κ2) is 3.47. The smallest absolute Gasteiger partial charge is 0.248 e. The highest BCUT2D eigenvalue weighted by Gasteiger charge is 2.54. The van der Waals surface area contributed by atoms with Gasteiger partial charge in [-0.05, 0) is 32.6 Å². The number of nitrogens with zero attached hydrogens (tertiary/aromatic N) is 1. The van der Waals surface area contributed by atoms with Crippen molar-refractivity contribution in [2.75, 3.05) is 6.54 Å². The van der Waals surface area contributed by atoms with E-state index in [-0.39, 0.29) is 17.4 Å². The second-order valence-electron chi connectivity index (χ2n) is 6.04. The van der Waals surface area contributed by atoms with Gasteiger partial charge in [-0.3, -0.25) is 9.59 Å². The van der Waals surface area contributed by atoms with Crippen LogP contribution in [-0.2, 0) is 9.59 Å². The van der Waals surface area contributed by atoms with Gasteiger partial charge in [0.25, 0.3) is 0 Å². The van der Waals surface area contributed by atoms with Crippen molar-refractivity contribution in [3.8, 4) is 0 Å². The summed E-state index contributed by atoms with van der Waals surface area (Å²) in [5.41, 5.74) is -0.516. The molecule has 0 unspecified atom stereocenters. The van der Waals surface area contributed by atoms with E-state index in [9.17, 15) is 9.59 Å². The van der Waals surface area contributed by atoms with Crippen molar-refractivity contribution in [1.82, 2.24) is 10.2 Å². The van der Waals surface area contributed by atoms with Crippen molar-refractivity contribution in [2.45, 2.75) is 62.9 Å². The number of hydrogen-bond acceptors (Lipinski definition) is 2. The van der Waals surface area contributed by atoms with Crippen molar-refractivity contribution in [2.24, 2.45) is 0 Å². The van der Waals surface area contributed by atoms with Gasteiger partial charge in [-0.1, -0.05) is 12.8 Å². The Bertz CT molecular complexity index is 368. The zero-order valence-corrected chi connectivity index (χ0v) is 10.4. The fourth-order valence-electron chi connectivity index (χ4n) is 3.24. The van der Waals surface area contributed by atoms with E-state index in [1.54, 1.807) is 0 Å². The molecule has 3 fully saturated rings. The Balaban J connectivity index is 1.92. The van der Waals surface area contributed by atoms with E-state index in [4.69, 9.17) is 0 Å². The van der Waals surface area contributed by atoms with E-state index in [0.29, 0.717) is 13.0 Å². The maximum Gasteiger partial charge on any atom is 0.248 e. The minimum atomic E-state index is -0.556. The molecule has 0 radical (unpaired) electrons. The lowest BCUT2D eigenvalue weighted by molar-refractivity contribution is -0.141. The first-order chi connectivity index (χ1) is 8.06. The topological polar surface area (TPSA) is 49.4 Å². The first-order valence-corrected chi connectivity index (χ1v) is 6.69. The van der Waals surface area contributed by atoms with Crippen molar-refractivity contribution < 1.29 is 9.59 Å². The van der Waals surface area contributed by atoms with Crippen molar-refractivity contribution in [3.63, 3.8) is 0 Å². The summed E-state index contributed by atoms with van der Waals surface area (Å²) in [5.74, 6) is 0.229. The van der Waals surface area contributed by atoms with Crippen LogP contribution in [0.3, 0.4) is 0 Å². The van der Waals surface area contributed by atoms with Gasteiger partial charge in [-0.15, -0.1) is 0 Å². The molecule has 1 heterocycles. The van der Waals surface area contributed by atoms with Crippen LogP contribution in [0.15, 0.2) is 0 Å². The van der Waals surface area contributed by atoms with E-state index in [0.717, 1.165) is 38.5 Å². The molecule has 0 atom stereocenters. The second-order valence-corrected chi connectivity index (χ2v) is 6.04. The summed E-state index contributed by atoms with van der Waals surface area (Å²) in [6, 6.07) is 0. The molecular weight excluding hydrogens is 216 g/mol. The summed E-state index contributed by atoms with van der Waals surface area (Å²) < 4.78 is 0. The van der Waals surface area contributed by atoms with Crippen LogP contribution in [0, 0.1) is 0 Å². The Morgan fingerprint density at radius 2 is 1.76 bits per heavy atom. The van der Waals surface area contributed by atoms with Gasteiger partial charge in [0.2, 0.25) is 11.8 Å². The molecular formula is C13H20N2O2. The van der Waals surface area contributed by atoms with Crippen LogP contribution in [0.2, 0.25) is 0 Å². The molecule has 2 amide bonds. The van der Waals surface area contributed by atoms with Gasteiger partial charge in [0.05, 0.1) is 0 Å². The molecule has 4 nitrogen and oxygen atoms in total. The SMILES string of the molecule is CC1(N2CCC(=O)NC3(CCCC3)C2=O)CC1. The predicted octanol–water partition coefficient (Wildman–Crippen LogP) is 1.20. The number of carbonyl (C=O) groups excluding carboxylic acids is 2. The molecule has 1 saturated heterocycles. The molecule has 0 aromatic rings. The molecule has 17 heavy (non-hydrogen) atoms. The summed E-state index contributed by atoms with van der Waals surface area (Å²) in [6.45, 7) is 2.74. The summed E-state index contributed by atoms with van der Waals surface area (Å²) in [5, 5.41) is 3.00. The van der Waals surface area contributed by atoms with Crippen molar-refractivity contribution in [3.05, 3.63) is 0 Å². The van der Waals surface area contributed by atoms with Gasteiger partial charge in [0, 0.05) is 18.5 Å². The normalized spacial score (nSPS) is 30.3. The number of rotatable bonds is 1. The highest BCUT2D eigenvalue weighted by molar-refractivity contribution is 5.94. The monoisotopic (exact) mass is 236 g/mol. The molecule has 2 saturated carbocycles. The summed E-state index contributed by atoms with van der Waals surface area (Å²) in [7, 11) is 0. The Morgan fingerprint density at radius 3 is 2.35 bits per heavy atom. The standard InChI is InChI=1S/C13H20N2O2/c1-12(7-8-12)15-9-4-10(16)14-13(11(15)17)5-2-3-6-13/h2-9H2,1H3,(H,14,16). The summed E-state index contributed by atoms with van der Waals surface area (Å²) in [4.78, 5) is 26.5. The zero-order valence-electron chi connectivity index (χ0n) is 10.4. The third kappa shape index (κ3) is 1.65. The fraction of sp³-hybridized carbons (Fsp3) is 0.846. The molecule has 4 heteroatoms. The van der Waals surface area contributed by atoms with Gasteiger partial charge in [-0.2, -0.15) is 0 Å². The van der Waals surface area contributed by atoms with Crippen LogP contribution in [0.4, 0.5) is 0 Å². The third-order valence-electron chi connectivity index (χ3n) is 4.68. The van der Waals surface area contributed by atoms with Crippen LogP contribution < -0.4 is 5.32 Å². The average molecular weight is 236 g/mol. The highest BCUT2D eigenvalue weighted by atomic mass is 16.2. The molecule has 0 bridgehead atoms. The van der Waals surface area contributed by atoms with Crippen LogP contribution in [-0.4, -0.2) is 34.3 Å². The third-order valence-corrected chi connectivity index (χ3v) is 4.68. The minimum Gasteiger partial charge on any atom is -0.342 e. The van der Waals surface area contributed by atoms with Crippen molar-refractivity contribution in [1.29, 1.82) is 0 Å². The maximum atomic E-state index is 12.7. The highest BCUT2D eigenvalue weighted by Crippen LogP contribution is 2.44. The number of hydrogen-bond donors (Lipinski definition) is 1. The number of amides is 2. The van der Waals surface area contributed by atoms with Gasteiger partial charge >= 0.3 is 0 Å². The minimum absolute atomic E-state index is 0.0406. The molecule has 3 rings (SSSR count). The zero-order chi connectivity index (χ0) is 12.1. The van der Waals surface area contributed by atoms with Crippen LogP contribution >= 0.6 is 0 Å². The van der Waals surface area contributed by atoms with Crippen molar-refractivity contribution >= 4 is 11.8 Å². The van der Waals surface area contributed by atoms with E-state index in [1.165, 1.54) is 0 Å². The lowest BCUT2D eigenvalue weighted by Gasteiger charge is -2.35. The lowest BCUT2D eigenvalue weighted by Crippen LogP contribution is -2.57. The van der Waals surface area contributed by atoms with Gasteiger partial charge in [-0.25, -0.2) is 0 Å². The molecule has 0 aromatic carbocycles. The Labute approximate surface area is 102 Å². The molecule has 0 aromatic heterocycles. The molecule has 1 aliphatic heterocycles. The van der Waals surface area contributed by atoms with E-state index < -0.39 is 5.54 Å². The lowest BCUT2D eigenvalue weighted by atomic mass is 9.95. The fourth-order valence-corrected chi connectivity index (χ4v) is 3.24. The van der Waals surface area contributed by atoms with E-state index in [1.807, 2.05) is 4.90 Å². The van der Waals surface area contributed by atoms with Crippen LogP contribution in [0.25, 0.3) is 0 Å². The quantitative estimate of drug-likeness (QED) is 0.743. The van der Waals surface area contributed by atoms with Gasteiger partial charge < -0.3 is 10.2 Å². The average Bonchev–Trinajstić information content (AvgIpc) is 2.88. The Kier molecular flexibility index (Phi) is 2.25. The molecule has 1 spiro atoms. The molecule has 3 aliphatic rings. The Hall–Kier alpha value is -1.06. The summed E-state index contributed by atoms with van der Waals surface area (Å²) >= 11 is 0. The Morgan fingerprint density at radius 1 is 1.12 bits per heavy atom. The van der Waals surface area contributed by atoms with Crippen LogP contribution in [0.5, 0.6) is 0 Å². The molecule has 2 aliphatic carbocycles. The number of carbonyl (C=O) groups is 2. The maximum absolute atomic E-state index is 12.7. The number of nitrogens with one attached hydrogen (secondary N) is 1. The predicted molar refractivity (Wildman–Crippen MR) is 63.3 cm³/mol. The first kappa shape index (κ1) is 11.1. The van der Waals surface area contributed by atoms with Gasteiger partial charge in [0.15, 0.2) is 0 Å². The van der Waals surface area contributed by atoms with Crippen LogP contribution in [0.1, 0.15) is 51.9 Å². The first-order valence-electron chi connectivity index (χ1n) is 6.69.